The Morgan fingerprint density at radius 3 is 2.42 bits per heavy atom. The van der Waals surface area contributed by atoms with Crippen molar-refractivity contribution in [3.05, 3.63) is 111 Å². The first-order valence-corrected chi connectivity index (χ1v) is 16.8. The number of ketones is 1. The molecule has 0 saturated carbocycles. The highest BCUT2D eigenvalue weighted by Crippen LogP contribution is 2.36. The number of Topliss-reactive ketones (excluding diaryl/α,β-unsaturated/α-hetero) is 1. The van der Waals surface area contributed by atoms with E-state index in [2.05, 4.69) is 10.3 Å². The highest BCUT2D eigenvalue weighted by atomic mass is 32.2. The summed E-state index contributed by atoms with van der Waals surface area (Å²) in [5, 5.41) is 3.06. The predicted molar refractivity (Wildman–Crippen MR) is 166 cm³/mol. The maximum Gasteiger partial charge on any atom is 0.257 e. The van der Waals surface area contributed by atoms with Gasteiger partial charge in [-0.3, -0.25) is 14.6 Å². The summed E-state index contributed by atoms with van der Waals surface area (Å²) in [4.78, 5) is 33.3. The highest BCUT2D eigenvalue weighted by Gasteiger charge is 2.29. The maximum absolute atomic E-state index is 13.7. The summed E-state index contributed by atoms with van der Waals surface area (Å²) in [6.07, 6.45) is 8.12. The number of thiophene rings is 1. The number of nitrogens with one attached hydrogen (secondary N) is 1. The van der Waals surface area contributed by atoms with E-state index in [9.17, 15) is 18.0 Å². The number of rotatable bonds is 9. The zero-order valence-corrected chi connectivity index (χ0v) is 25.4. The minimum Gasteiger partial charge on any atom is -0.379 e. The number of anilines is 1. The summed E-state index contributed by atoms with van der Waals surface area (Å²) < 4.78 is 33.1. The molecule has 8 nitrogen and oxygen atoms in total. The number of pyridine rings is 1. The van der Waals surface area contributed by atoms with Crippen molar-refractivity contribution in [2.45, 2.75) is 43.4 Å². The van der Waals surface area contributed by atoms with Gasteiger partial charge in [-0.1, -0.05) is 24.3 Å². The molecule has 1 saturated heterocycles. The Hall–Kier alpha value is -3.70. The lowest BCUT2D eigenvalue weighted by atomic mass is 9.93. The number of sulfonamides is 1. The SMILES string of the molecule is O=C(Cc1sc2c(c1C(=O)Nc1ccc(Cc3ccncc3)cc1)CCCC2)c1cccc(S(=O)(=O)N2CCOCC2)c1. The number of ether oxygens (including phenoxy) is 1. The van der Waals surface area contributed by atoms with Crippen LogP contribution in [0.5, 0.6) is 0 Å². The lowest BCUT2D eigenvalue weighted by Crippen LogP contribution is -2.40. The number of benzene rings is 2. The standard InChI is InChI=1S/C33H33N3O5S2/c37-29(25-4-3-5-27(21-25)43(39,40)36-16-18-41-19-17-36)22-31-32(28-6-1-2-7-30(28)42-31)33(38)35-26-10-8-23(9-11-26)20-24-12-14-34-15-13-24/h3-5,8-15,21H,1-2,6-7,16-20,22H2,(H,35,38). The molecule has 0 unspecified atom stereocenters. The Balaban J connectivity index is 1.21. The van der Waals surface area contributed by atoms with Crippen molar-refractivity contribution in [3.63, 3.8) is 0 Å². The second-order valence-electron chi connectivity index (χ2n) is 10.8. The Kier molecular flexibility index (Phi) is 8.80. The highest BCUT2D eigenvalue weighted by molar-refractivity contribution is 7.89. The van der Waals surface area contributed by atoms with Gasteiger partial charge >= 0.3 is 0 Å². The number of aryl methyl sites for hydroxylation is 1. The lowest BCUT2D eigenvalue weighted by molar-refractivity contribution is 0.0730. The molecule has 1 amide bonds. The van der Waals surface area contributed by atoms with E-state index in [0.29, 0.717) is 30.0 Å². The van der Waals surface area contributed by atoms with Gasteiger partial charge in [-0.15, -0.1) is 11.3 Å². The minimum atomic E-state index is -3.73. The average Bonchev–Trinajstić information content (AvgIpc) is 3.41. The second-order valence-corrected chi connectivity index (χ2v) is 14.0. The van der Waals surface area contributed by atoms with Gasteiger partial charge in [-0.25, -0.2) is 8.42 Å². The van der Waals surface area contributed by atoms with Gasteiger partial charge in [0, 0.05) is 52.9 Å². The Morgan fingerprint density at radius 1 is 0.930 bits per heavy atom. The molecule has 1 aliphatic heterocycles. The first-order chi connectivity index (χ1) is 20.9. The molecule has 2 aromatic heterocycles. The Bertz CT molecular complexity index is 1730. The Morgan fingerprint density at radius 2 is 1.65 bits per heavy atom. The van der Waals surface area contributed by atoms with E-state index in [1.54, 1.807) is 24.5 Å². The van der Waals surface area contributed by atoms with Crippen LogP contribution in [-0.4, -0.2) is 55.7 Å². The Labute approximate surface area is 255 Å². The molecule has 6 rings (SSSR count). The number of nitrogens with zero attached hydrogens (tertiary/aromatic N) is 2. The normalized spacial score (nSPS) is 15.5. The van der Waals surface area contributed by atoms with Gasteiger partial charge < -0.3 is 10.1 Å². The summed E-state index contributed by atoms with van der Waals surface area (Å²) in [6.45, 7) is 1.27. The third kappa shape index (κ3) is 6.62. The molecule has 2 aliphatic rings. The van der Waals surface area contributed by atoms with E-state index < -0.39 is 10.0 Å². The van der Waals surface area contributed by atoms with E-state index in [4.69, 9.17) is 4.74 Å². The number of morpholine rings is 1. The predicted octanol–water partition coefficient (Wildman–Crippen LogP) is 5.31. The summed E-state index contributed by atoms with van der Waals surface area (Å²) in [7, 11) is -3.73. The molecule has 0 radical (unpaired) electrons. The fraction of sp³-hybridized carbons (Fsp3) is 0.303. The zero-order chi connectivity index (χ0) is 29.8. The molecule has 0 atom stereocenters. The first kappa shape index (κ1) is 29.4. The average molecular weight is 616 g/mol. The van der Waals surface area contributed by atoms with Crippen LogP contribution in [0.25, 0.3) is 0 Å². The van der Waals surface area contributed by atoms with Crippen LogP contribution in [0.4, 0.5) is 5.69 Å². The molecule has 1 fully saturated rings. The number of carbonyl (C=O) groups is 2. The van der Waals surface area contributed by atoms with Gasteiger partial charge in [0.2, 0.25) is 10.0 Å². The molecule has 0 bridgehead atoms. The van der Waals surface area contributed by atoms with Crippen LogP contribution in [0, 0.1) is 0 Å². The first-order valence-electron chi connectivity index (χ1n) is 14.5. The molecule has 222 valence electrons. The van der Waals surface area contributed by atoms with E-state index >= 15 is 0 Å². The van der Waals surface area contributed by atoms with Crippen LogP contribution in [0.1, 0.15) is 60.0 Å². The van der Waals surface area contributed by atoms with Crippen molar-refractivity contribution < 1.29 is 22.7 Å². The fourth-order valence-electron chi connectivity index (χ4n) is 5.66. The van der Waals surface area contributed by atoms with Gasteiger partial charge in [-0.2, -0.15) is 4.31 Å². The molecular weight excluding hydrogens is 583 g/mol. The molecule has 4 aromatic rings. The number of aromatic nitrogens is 1. The van der Waals surface area contributed by atoms with Crippen LogP contribution in [0.3, 0.4) is 0 Å². The second kappa shape index (κ2) is 12.9. The van der Waals surface area contributed by atoms with Crippen LogP contribution >= 0.6 is 11.3 Å². The largest absolute Gasteiger partial charge is 0.379 e. The number of carbonyl (C=O) groups excluding carboxylic acids is 2. The van der Waals surface area contributed by atoms with Crippen molar-refractivity contribution in [2.24, 2.45) is 0 Å². The van der Waals surface area contributed by atoms with Crippen molar-refractivity contribution in [2.75, 3.05) is 31.6 Å². The molecule has 10 heteroatoms. The molecule has 0 spiro atoms. The van der Waals surface area contributed by atoms with Crippen LogP contribution in [-0.2, 0) is 40.4 Å². The van der Waals surface area contributed by atoms with E-state index in [0.717, 1.165) is 58.5 Å². The van der Waals surface area contributed by atoms with Crippen molar-refractivity contribution in [1.29, 1.82) is 0 Å². The molecule has 2 aromatic carbocycles. The minimum absolute atomic E-state index is 0.0341. The van der Waals surface area contributed by atoms with Gasteiger partial charge in [0.05, 0.1) is 23.7 Å². The van der Waals surface area contributed by atoms with Crippen LogP contribution in [0.15, 0.2) is 78.0 Å². The van der Waals surface area contributed by atoms with Gasteiger partial charge in [0.15, 0.2) is 5.78 Å². The molecule has 3 heterocycles. The third-order valence-corrected chi connectivity index (χ3v) is 11.1. The van der Waals surface area contributed by atoms with Crippen molar-refractivity contribution in [3.8, 4) is 0 Å². The van der Waals surface area contributed by atoms with Crippen molar-refractivity contribution in [1.82, 2.24) is 9.29 Å². The van der Waals surface area contributed by atoms with Gasteiger partial charge in [0.1, 0.15) is 0 Å². The monoisotopic (exact) mass is 615 g/mol. The van der Waals surface area contributed by atoms with E-state index in [-0.39, 0.29) is 36.1 Å². The zero-order valence-electron chi connectivity index (χ0n) is 23.8. The van der Waals surface area contributed by atoms with Crippen LogP contribution < -0.4 is 5.32 Å². The summed E-state index contributed by atoms with van der Waals surface area (Å²) >= 11 is 1.53. The smallest absolute Gasteiger partial charge is 0.257 e. The van der Waals surface area contributed by atoms with Gasteiger partial charge in [0.25, 0.3) is 5.91 Å². The number of fused-ring (bicyclic) bond motifs is 1. The quantitative estimate of drug-likeness (QED) is 0.256. The number of amides is 1. The summed E-state index contributed by atoms with van der Waals surface area (Å²) in [5.41, 5.74) is 4.92. The van der Waals surface area contributed by atoms with E-state index in [1.807, 2.05) is 36.4 Å². The number of hydrogen-bond donors (Lipinski definition) is 1. The van der Waals surface area contributed by atoms with E-state index in [1.165, 1.54) is 27.8 Å². The third-order valence-electron chi connectivity index (χ3n) is 7.93. The fourth-order valence-corrected chi connectivity index (χ4v) is 8.51. The molecule has 1 aliphatic carbocycles. The summed E-state index contributed by atoms with van der Waals surface area (Å²) in [6, 6.07) is 18.0. The molecule has 43 heavy (non-hydrogen) atoms. The van der Waals surface area contributed by atoms with Gasteiger partial charge in [-0.05, 0) is 85.2 Å². The van der Waals surface area contributed by atoms with Crippen LogP contribution in [0.2, 0.25) is 0 Å². The maximum atomic E-state index is 13.7. The summed E-state index contributed by atoms with van der Waals surface area (Å²) in [5.74, 6) is -0.431. The van der Waals surface area contributed by atoms with Crippen molar-refractivity contribution >= 4 is 38.7 Å². The lowest BCUT2D eigenvalue weighted by Gasteiger charge is -2.26. The number of hydrogen-bond acceptors (Lipinski definition) is 7. The molecule has 1 N–H and O–H groups in total. The molecular formula is C33H33N3O5S2. The topological polar surface area (TPSA) is 106 Å².